The second-order valence-corrected chi connectivity index (χ2v) is 5.67. The summed E-state index contributed by atoms with van der Waals surface area (Å²) in [5, 5.41) is 8.00. The lowest BCUT2D eigenvalue weighted by Gasteiger charge is -2.31. The quantitative estimate of drug-likeness (QED) is 0.885. The molecule has 0 amide bonds. The van der Waals surface area contributed by atoms with Crippen LogP contribution in [0.4, 0.5) is 0 Å². The van der Waals surface area contributed by atoms with Gasteiger partial charge in [0.2, 0.25) is 0 Å². The second-order valence-electron chi connectivity index (χ2n) is 5.67. The maximum absolute atomic E-state index is 4.67. The summed E-state index contributed by atoms with van der Waals surface area (Å²) in [7, 11) is 2.05. The number of nitrogens with zero attached hydrogens (tertiary/aromatic N) is 3. The molecule has 1 saturated heterocycles. The van der Waals surface area contributed by atoms with Crippen LogP contribution in [0.3, 0.4) is 0 Å². The molecule has 0 radical (unpaired) electrons. The van der Waals surface area contributed by atoms with Crippen molar-refractivity contribution >= 4 is 0 Å². The third-order valence-electron chi connectivity index (χ3n) is 4.51. The fraction of sp³-hybridized carbons (Fsp3) is 0.800. The van der Waals surface area contributed by atoms with Gasteiger partial charge in [0, 0.05) is 36.4 Å². The van der Waals surface area contributed by atoms with E-state index in [1.165, 1.54) is 36.3 Å². The molecule has 0 saturated carbocycles. The van der Waals surface area contributed by atoms with E-state index in [1.807, 2.05) is 7.05 Å². The predicted octanol–water partition coefficient (Wildman–Crippen LogP) is 2.26. The third kappa shape index (κ3) is 2.70. The SMILES string of the molecule is CCn1nc(C)c(C(C)N2CCCC2CNC)c1C. The highest BCUT2D eigenvalue weighted by atomic mass is 15.3. The smallest absolute Gasteiger partial charge is 0.0644 e. The summed E-state index contributed by atoms with van der Waals surface area (Å²) in [6.07, 6.45) is 2.63. The standard InChI is InChI=1S/C15H28N4/c1-6-19-13(4)15(11(2)17-19)12(3)18-9-7-8-14(18)10-16-5/h12,14,16H,6-10H2,1-5H3. The highest BCUT2D eigenvalue weighted by molar-refractivity contribution is 5.28. The average Bonchev–Trinajstić information content (AvgIpc) is 2.94. The molecule has 2 rings (SSSR count). The van der Waals surface area contributed by atoms with E-state index >= 15 is 0 Å². The minimum absolute atomic E-state index is 0.473. The van der Waals surface area contributed by atoms with E-state index in [0.717, 1.165) is 13.1 Å². The van der Waals surface area contributed by atoms with Crippen molar-refractivity contribution in [3.8, 4) is 0 Å². The Morgan fingerprint density at radius 3 is 2.74 bits per heavy atom. The van der Waals surface area contributed by atoms with Gasteiger partial charge in [-0.1, -0.05) is 0 Å². The number of rotatable bonds is 5. The van der Waals surface area contributed by atoms with E-state index in [0.29, 0.717) is 12.1 Å². The summed E-state index contributed by atoms with van der Waals surface area (Å²) in [5.74, 6) is 0. The number of likely N-dealkylation sites (N-methyl/N-ethyl adjacent to an activating group) is 1. The number of hydrogen-bond acceptors (Lipinski definition) is 3. The van der Waals surface area contributed by atoms with Crippen LogP contribution in [0.1, 0.15) is 49.7 Å². The van der Waals surface area contributed by atoms with Crippen LogP contribution in [-0.4, -0.2) is 40.9 Å². The summed E-state index contributed by atoms with van der Waals surface area (Å²) in [6.45, 7) is 12.1. The maximum Gasteiger partial charge on any atom is 0.0644 e. The zero-order valence-electron chi connectivity index (χ0n) is 13.0. The minimum Gasteiger partial charge on any atom is -0.318 e. The monoisotopic (exact) mass is 264 g/mol. The summed E-state index contributed by atoms with van der Waals surface area (Å²) in [4.78, 5) is 2.65. The molecule has 1 fully saturated rings. The van der Waals surface area contributed by atoms with Crippen LogP contribution in [0, 0.1) is 13.8 Å². The fourth-order valence-corrected chi connectivity index (χ4v) is 3.61. The van der Waals surface area contributed by atoms with Gasteiger partial charge >= 0.3 is 0 Å². The van der Waals surface area contributed by atoms with Gasteiger partial charge in [0.25, 0.3) is 0 Å². The van der Waals surface area contributed by atoms with Crippen LogP contribution in [0.15, 0.2) is 0 Å². The van der Waals surface area contributed by atoms with Gasteiger partial charge in [0.15, 0.2) is 0 Å². The first-order valence-corrected chi connectivity index (χ1v) is 7.54. The molecule has 1 N–H and O–H groups in total. The molecule has 2 atom stereocenters. The Balaban J connectivity index is 2.23. The third-order valence-corrected chi connectivity index (χ3v) is 4.51. The van der Waals surface area contributed by atoms with E-state index in [-0.39, 0.29) is 0 Å². The summed E-state index contributed by atoms with van der Waals surface area (Å²) in [5.41, 5.74) is 3.97. The molecule has 2 heterocycles. The molecule has 0 bridgehead atoms. The molecule has 0 spiro atoms. The van der Waals surface area contributed by atoms with Gasteiger partial charge in [-0.05, 0) is 54.1 Å². The molecule has 0 aliphatic carbocycles. The van der Waals surface area contributed by atoms with Crippen molar-refractivity contribution < 1.29 is 0 Å². The fourth-order valence-electron chi connectivity index (χ4n) is 3.61. The largest absolute Gasteiger partial charge is 0.318 e. The number of aromatic nitrogens is 2. The summed E-state index contributed by atoms with van der Waals surface area (Å²) < 4.78 is 2.13. The van der Waals surface area contributed by atoms with Crippen molar-refractivity contribution in [3.63, 3.8) is 0 Å². The van der Waals surface area contributed by atoms with Crippen molar-refractivity contribution in [2.24, 2.45) is 0 Å². The average molecular weight is 264 g/mol. The van der Waals surface area contributed by atoms with E-state index in [2.05, 4.69) is 47.7 Å². The maximum atomic E-state index is 4.67. The van der Waals surface area contributed by atoms with Gasteiger partial charge in [0.1, 0.15) is 0 Å². The molecule has 1 aromatic rings. The molecule has 4 heteroatoms. The number of nitrogens with one attached hydrogen (secondary N) is 1. The van der Waals surface area contributed by atoms with Crippen molar-refractivity contribution in [1.82, 2.24) is 20.0 Å². The zero-order chi connectivity index (χ0) is 14.0. The lowest BCUT2D eigenvalue weighted by atomic mass is 10.0. The molecular weight excluding hydrogens is 236 g/mol. The molecule has 2 unspecified atom stereocenters. The predicted molar refractivity (Wildman–Crippen MR) is 79.4 cm³/mol. The van der Waals surface area contributed by atoms with E-state index < -0.39 is 0 Å². The number of hydrogen-bond donors (Lipinski definition) is 1. The summed E-state index contributed by atoms with van der Waals surface area (Å²) >= 11 is 0. The number of likely N-dealkylation sites (tertiary alicyclic amines) is 1. The van der Waals surface area contributed by atoms with Crippen molar-refractivity contribution in [1.29, 1.82) is 0 Å². The molecule has 1 aliphatic heterocycles. The van der Waals surface area contributed by atoms with Crippen molar-refractivity contribution in [2.75, 3.05) is 20.1 Å². The Bertz CT molecular complexity index is 424. The molecule has 0 aromatic carbocycles. The van der Waals surface area contributed by atoms with Gasteiger partial charge < -0.3 is 5.32 Å². The number of aryl methyl sites for hydroxylation is 2. The normalized spacial score (nSPS) is 22.1. The Kier molecular flexibility index (Phi) is 4.63. The Morgan fingerprint density at radius 2 is 2.16 bits per heavy atom. The van der Waals surface area contributed by atoms with Gasteiger partial charge in [-0.2, -0.15) is 5.10 Å². The van der Waals surface area contributed by atoms with E-state index in [1.54, 1.807) is 0 Å². The van der Waals surface area contributed by atoms with Crippen LogP contribution >= 0.6 is 0 Å². The first-order valence-electron chi connectivity index (χ1n) is 7.54. The van der Waals surface area contributed by atoms with Gasteiger partial charge in [-0.15, -0.1) is 0 Å². The highest BCUT2D eigenvalue weighted by Crippen LogP contribution is 2.32. The van der Waals surface area contributed by atoms with Crippen molar-refractivity contribution in [2.45, 2.75) is 59.2 Å². The molecule has 19 heavy (non-hydrogen) atoms. The first kappa shape index (κ1) is 14.5. The lowest BCUT2D eigenvalue weighted by Crippen LogP contribution is -2.38. The minimum atomic E-state index is 0.473. The molecule has 4 nitrogen and oxygen atoms in total. The molecule has 108 valence electrons. The Hall–Kier alpha value is -0.870. The van der Waals surface area contributed by atoms with Crippen LogP contribution in [0.25, 0.3) is 0 Å². The molecule has 1 aliphatic rings. The molecular formula is C15H28N4. The summed E-state index contributed by atoms with van der Waals surface area (Å²) in [6, 6.07) is 1.14. The topological polar surface area (TPSA) is 33.1 Å². The van der Waals surface area contributed by atoms with Gasteiger partial charge in [0.05, 0.1) is 5.69 Å². The molecule has 1 aromatic heterocycles. The van der Waals surface area contributed by atoms with Crippen LogP contribution in [0.5, 0.6) is 0 Å². The van der Waals surface area contributed by atoms with Gasteiger partial charge in [-0.3, -0.25) is 9.58 Å². The van der Waals surface area contributed by atoms with Crippen LogP contribution < -0.4 is 5.32 Å². The van der Waals surface area contributed by atoms with Gasteiger partial charge in [-0.25, -0.2) is 0 Å². The Labute approximate surface area is 117 Å². The second kappa shape index (κ2) is 6.06. The first-order chi connectivity index (χ1) is 9.10. The van der Waals surface area contributed by atoms with E-state index in [9.17, 15) is 0 Å². The van der Waals surface area contributed by atoms with Crippen LogP contribution in [-0.2, 0) is 6.54 Å². The Morgan fingerprint density at radius 1 is 1.42 bits per heavy atom. The van der Waals surface area contributed by atoms with Crippen molar-refractivity contribution in [3.05, 3.63) is 17.0 Å². The van der Waals surface area contributed by atoms with E-state index in [4.69, 9.17) is 0 Å². The zero-order valence-corrected chi connectivity index (χ0v) is 13.0. The highest BCUT2D eigenvalue weighted by Gasteiger charge is 2.31. The van der Waals surface area contributed by atoms with Crippen LogP contribution in [0.2, 0.25) is 0 Å². The lowest BCUT2D eigenvalue weighted by molar-refractivity contribution is 0.190.